The molecule has 0 aromatic heterocycles. The fourth-order valence-corrected chi connectivity index (χ4v) is 2.27. The molecule has 3 nitrogen and oxygen atoms in total. The van der Waals surface area contributed by atoms with Crippen LogP contribution in [0.5, 0.6) is 5.75 Å². The molecule has 1 aromatic rings. The lowest BCUT2D eigenvalue weighted by molar-refractivity contribution is 0.333. The summed E-state index contributed by atoms with van der Waals surface area (Å²) in [5, 5.41) is 0. The lowest BCUT2D eigenvalue weighted by atomic mass is 10.1. The molecule has 3 N–H and O–H groups in total. The number of hydrazine groups is 1. The van der Waals surface area contributed by atoms with Gasteiger partial charge in [0, 0.05) is 11.3 Å². The maximum atomic E-state index is 5.59. The molecule has 0 heterocycles. The highest BCUT2D eigenvalue weighted by molar-refractivity contribution is 7.99. The van der Waals surface area contributed by atoms with Crippen LogP contribution < -0.4 is 16.0 Å². The monoisotopic (exact) mass is 240 g/mol. The van der Waals surface area contributed by atoms with Gasteiger partial charge in [-0.1, -0.05) is 25.1 Å². The molecule has 0 saturated carbocycles. The molecule has 1 aromatic carbocycles. The summed E-state index contributed by atoms with van der Waals surface area (Å²) in [6.07, 6.45) is 0. The molecule has 0 fully saturated rings. The van der Waals surface area contributed by atoms with Gasteiger partial charge in [-0.15, -0.1) is 0 Å². The number of rotatable bonds is 7. The number of ether oxygens (including phenoxy) is 1. The minimum Gasteiger partial charge on any atom is -0.494 e. The van der Waals surface area contributed by atoms with Crippen LogP contribution in [0.1, 0.15) is 25.5 Å². The molecule has 1 unspecified atom stereocenters. The summed E-state index contributed by atoms with van der Waals surface area (Å²) in [5.41, 5.74) is 3.98. The van der Waals surface area contributed by atoms with E-state index in [4.69, 9.17) is 10.6 Å². The van der Waals surface area contributed by atoms with Gasteiger partial charge in [0.15, 0.2) is 0 Å². The molecule has 0 saturated heterocycles. The van der Waals surface area contributed by atoms with Gasteiger partial charge in [-0.05, 0) is 18.7 Å². The molecule has 1 rings (SSSR count). The van der Waals surface area contributed by atoms with Gasteiger partial charge in [0.2, 0.25) is 0 Å². The Labute approximate surface area is 102 Å². The van der Waals surface area contributed by atoms with Crippen LogP contribution in [-0.4, -0.2) is 18.1 Å². The summed E-state index contributed by atoms with van der Waals surface area (Å²) < 4.78 is 5.59. The molecule has 1 atom stereocenters. The number of hydrogen-bond donors (Lipinski definition) is 2. The minimum atomic E-state index is 0.146. The van der Waals surface area contributed by atoms with Crippen LogP contribution in [0.2, 0.25) is 0 Å². The first-order valence-corrected chi connectivity index (χ1v) is 6.74. The Balaban J connectivity index is 2.81. The Morgan fingerprint density at radius 1 is 1.38 bits per heavy atom. The Hall–Kier alpha value is -0.710. The summed E-state index contributed by atoms with van der Waals surface area (Å²) in [4.78, 5) is 0. The van der Waals surface area contributed by atoms with E-state index in [1.807, 2.05) is 36.9 Å². The Kier molecular flexibility index (Phi) is 6.30. The summed E-state index contributed by atoms with van der Waals surface area (Å²) >= 11 is 1.86. The summed E-state index contributed by atoms with van der Waals surface area (Å²) in [5.74, 6) is 8.56. The third-order valence-electron chi connectivity index (χ3n) is 2.28. The van der Waals surface area contributed by atoms with Crippen molar-refractivity contribution in [3.63, 3.8) is 0 Å². The molecule has 0 amide bonds. The second kappa shape index (κ2) is 7.54. The predicted molar refractivity (Wildman–Crippen MR) is 70.7 cm³/mol. The maximum Gasteiger partial charge on any atom is 0.124 e. The van der Waals surface area contributed by atoms with Crippen molar-refractivity contribution in [1.82, 2.24) is 5.43 Å². The van der Waals surface area contributed by atoms with E-state index in [0.29, 0.717) is 6.61 Å². The summed E-state index contributed by atoms with van der Waals surface area (Å²) in [6, 6.07) is 8.19. The Morgan fingerprint density at radius 2 is 2.12 bits per heavy atom. The third kappa shape index (κ3) is 3.70. The quantitative estimate of drug-likeness (QED) is 0.567. The molecule has 0 spiro atoms. The molecular weight excluding hydrogens is 220 g/mol. The number of hydrogen-bond acceptors (Lipinski definition) is 4. The molecule has 90 valence electrons. The fraction of sp³-hybridized carbons (Fsp3) is 0.500. The van der Waals surface area contributed by atoms with Gasteiger partial charge in [0.05, 0.1) is 12.6 Å². The van der Waals surface area contributed by atoms with E-state index < -0.39 is 0 Å². The van der Waals surface area contributed by atoms with Crippen LogP contribution in [0, 0.1) is 0 Å². The van der Waals surface area contributed by atoms with Crippen LogP contribution in [0.4, 0.5) is 0 Å². The first-order chi connectivity index (χ1) is 7.83. The molecule has 0 aliphatic heterocycles. The Morgan fingerprint density at radius 3 is 2.75 bits per heavy atom. The van der Waals surface area contributed by atoms with E-state index in [1.165, 1.54) is 0 Å². The lowest BCUT2D eigenvalue weighted by Crippen LogP contribution is -2.30. The van der Waals surface area contributed by atoms with Gasteiger partial charge in [-0.25, -0.2) is 0 Å². The predicted octanol–water partition coefficient (Wildman–Crippen LogP) is 2.34. The summed E-state index contributed by atoms with van der Waals surface area (Å²) in [7, 11) is 0. The van der Waals surface area contributed by atoms with Crippen LogP contribution in [0.15, 0.2) is 24.3 Å². The van der Waals surface area contributed by atoms with E-state index >= 15 is 0 Å². The van der Waals surface area contributed by atoms with E-state index in [1.54, 1.807) is 0 Å². The summed E-state index contributed by atoms with van der Waals surface area (Å²) in [6.45, 7) is 4.81. The molecular formula is C12H20N2OS. The van der Waals surface area contributed by atoms with Crippen molar-refractivity contribution in [2.45, 2.75) is 19.9 Å². The molecule has 0 aliphatic carbocycles. The van der Waals surface area contributed by atoms with Crippen molar-refractivity contribution in [3.8, 4) is 5.75 Å². The molecule has 4 heteroatoms. The topological polar surface area (TPSA) is 47.3 Å². The van der Waals surface area contributed by atoms with E-state index in [-0.39, 0.29) is 6.04 Å². The van der Waals surface area contributed by atoms with Gasteiger partial charge in [0.1, 0.15) is 5.75 Å². The Bertz CT molecular complexity index is 307. The first kappa shape index (κ1) is 13.4. The normalized spacial score (nSPS) is 12.4. The number of nitrogens with one attached hydrogen (secondary N) is 1. The van der Waals surface area contributed by atoms with E-state index in [2.05, 4.69) is 18.4 Å². The largest absolute Gasteiger partial charge is 0.494 e. The van der Waals surface area contributed by atoms with Crippen LogP contribution >= 0.6 is 11.8 Å². The SMILES string of the molecule is CCOc1ccccc1C(CSCC)NN. The average Bonchev–Trinajstić information content (AvgIpc) is 2.32. The van der Waals surface area contributed by atoms with Gasteiger partial charge in [0.25, 0.3) is 0 Å². The standard InChI is InChI=1S/C12H20N2OS/c1-3-15-12-8-6-5-7-10(12)11(14-13)9-16-4-2/h5-8,11,14H,3-4,9,13H2,1-2H3. The zero-order valence-corrected chi connectivity index (χ0v) is 10.7. The van der Waals surface area contributed by atoms with Crippen molar-refractivity contribution in [1.29, 1.82) is 0 Å². The number of nitrogens with two attached hydrogens (primary N) is 1. The van der Waals surface area contributed by atoms with Crippen LogP contribution in [0.3, 0.4) is 0 Å². The van der Waals surface area contributed by atoms with E-state index in [9.17, 15) is 0 Å². The fourth-order valence-electron chi connectivity index (χ4n) is 1.52. The van der Waals surface area contributed by atoms with Crippen LogP contribution in [0.25, 0.3) is 0 Å². The lowest BCUT2D eigenvalue weighted by Gasteiger charge is -2.19. The molecule has 16 heavy (non-hydrogen) atoms. The smallest absolute Gasteiger partial charge is 0.124 e. The minimum absolute atomic E-state index is 0.146. The van der Waals surface area contributed by atoms with Crippen molar-refractivity contribution in [3.05, 3.63) is 29.8 Å². The molecule has 0 aliphatic rings. The highest BCUT2D eigenvalue weighted by atomic mass is 32.2. The van der Waals surface area contributed by atoms with Gasteiger partial charge in [-0.2, -0.15) is 11.8 Å². The molecule has 0 bridgehead atoms. The van der Waals surface area contributed by atoms with E-state index in [0.717, 1.165) is 22.8 Å². The number of thioether (sulfide) groups is 1. The van der Waals surface area contributed by atoms with Crippen molar-refractivity contribution >= 4 is 11.8 Å². The highest BCUT2D eigenvalue weighted by Crippen LogP contribution is 2.26. The highest BCUT2D eigenvalue weighted by Gasteiger charge is 2.13. The zero-order chi connectivity index (χ0) is 11.8. The third-order valence-corrected chi connectivity index (χ3v) is 3.26. The number of benzene rings is 1. The van der Waals surface area contributed by atoms with Gasteiger partial charge >= 0.3 is 0 Å². The number of para-hydroxylation sites is 1. The van der Waals surface area contributed by atoms with Gasteiger partial charge in [-0.3, -0.25) is 11.3 Å². The van der Waals surface area contributed by atoms with Crippen molar-refractivity contribution in [2.75, 3.05) is 18.1 Å². The van der Waals surface area contributed by atoms with Crippen molar-refractivity contribution < 1.29 is 4.74 Å². The van der Waals surface area contributed by atoms with Crippen LogP contribution in [-0.2, 0) is 0 Å². The second-order valence-corrected chi connectivity index (χ2v) is 4.67. The first-order valence-electron chi connectivity index (χ1n) is 5.59. The zero-order valence-electron chi connectivity index (χ0n) is 9.90. The second-order valence-electron chi connectivity index (χ2n) is 3.35. The van der Waals surface area contributed by atoms with Gasteiger partial charge < -0.3 is 4.74 Å². The van der Waals surface area contributed by atoms with Crippen molar-refractivity contribution in [2.24, 2.45) is 5.84 Å². The average molecular weight is 240 g/mol. The maximum absolute atomic E-state index is 5.59. The molecule has 0 radical (unpaired) electrons.